The van der Waals surface area contributed by atoms with E-state index < -0.39 is 6.10 Å². The minimum atomic E-state index is -0.761. The molecule has 0 saturated heterocycles. The monoisotopic (exact) mass is 919 g/mol. The highest BCUT2D eigenvalue weighted by Gasteiger charge is 2.19. The highest BCUT2D eigenvalue weighted by atomic mass is 16.6. The van der Waals surface area contributed by atoms with E-state index in [1.54, 1.807) is 0 Å². The number of esters is 3. The van der Waals surface area contributed by atoms with E-state index in [9.17, 15) is 14.4 Å². The van der Waals surface area contributed by atoms with Crippen molar-refractivity contribution in [3.63, 3.8) is 0 Å². The molecule has 0 aromatic heterocycles. The SMILES string of the molecule is CCCCCCCCCCCCCCCCCCCCCC(=O)OC[C@H](COC(=O)CCCCCCCCCCCCCCCCC)OC(=O)CCCCCCCCCCCCCCC. The highest BCUT2D eigenvalue weighted by molar-refractivity contribution is 5.71. The van der Waals surface area contributed by atoms with Gasteiger partial charge in [-0.25, -0.2) is 0 Å². The molecule has 6 heteroatoms. The third kappa shape index (κ3) is 53.2. The van der Waals surface area contributed by atoms with Crippen molar-refractivity contribution in [2.45, 2.75) is 348 Å². The standard InChI is InChI=1S/C59H114O6/c1-4-7-10-13-16-19-22-25-27-28-29-30-32-35-37-40-43-46-49-52-58(61)64-55-56(65-59(62)53-50-47-44-41-38-33-24-21-18-15-12-9-6-3)54-63-57(60)51-48-45-42-39-36-34-31-26-23-20-17-14-11-8-5-2/h56H,4-55H2,1-3H3/t56-/m0/s1. The van der Waals surface area contributed by atoms with Crippen molar-refractivity contribution in [3.8, 4) is 0 Å². The van der Waals surface area contributed by atoms with E-state index in [-0.39, 0.29) is 31.1 Å². The fraction of sp³-hybridized carbons (Fsp3) is 0.949. The van der Waals surface area contributed by atoms with Crippen molar-refractivity contribution >= 4 is 17.9 Å². The average molecular weight is 920 g/mol. The van der Waals surface area contributed by atoms with E-state index in [0.29, 0.717) is 19.3 Å². The van der Waals surface area contributed by atoms with E-state index in [0.717, 1.165) is 57.8 Å². The Bertz CT molecular complexity index is 967. The number of ether oxygens (including phenoxy) is 3. The summed E-state index contributed by atoms with van der Waals surface area (Å²) in [5, 5.41) is 0. The van der Waals surface area contributed by atoms with E-state index in [1.165, 1.54) is 244 Å². The molecule has 0 saturated carbocycles. The lowest BCUT2D eigenvalue weighted by atomic mass is 10.0. The zero-order valence-corrected chi connectivity index (χ0v) is 44.3. The Morgan fingerprint density at radius 2 is 0.415 bits per heavy atom. The molecule has 0 N–H and O–H groups in total. The molecule has 1 atom stereocenters. The first-order chi connectivity index (χ1) is 32.0. The van der Waals surface area contributed by atoms with Crippen LogP contribution in [0.2, 0.25) is 0 Å². The summed E-state index contributed by atoms with van der Waals surface area (Å²) in [6, 6.07) is 0. The maximum atomic E-state index is 12.8. The normalized spacial score (nSPS) is 11.9. The second-order valence-electron chi connectivity index (χ2n) is 20.3. The van der Waals surface area contributed by atoms with Crippen LogP contribution in [0.4, 0.5) is 0 Å². The number of unbranched alkanes of at least 4 members (excludes halogenated alkanes) is 44. The lowest BCUT2D eigenvalue weighted by molar-refractivity contribution is -0.167. The summed E-state index contributed by atoms with van der Waals surface area (Å²) in [6.45, 7) is 6.71. The van der Waals surface area contributed by atoms with Crippen molar-refractivity contribution in [2.24, 2.45) is 0 Å². The number of rotatable bonds is 55. The van der Waals surface area contributed by atoms with Crippen molar-refractivity contribution in [2.75, 3.05) is 13.2 Å². The Labute approximate surface area is 406 Å². The van der Waals surface area contributed by atoms with Gasteiger partial charge in [-0.1, -0.05) is 303 Å². The van der Waals surface area contributed by atoms with Crippen LogP contribution in [-0.2, 0) is 28.6 Å². The third-order valence-electron chi connectivity index (χ3n) is 13.6. The predicted molar refractivity (Wildman–Crippen MR) is 280 cm³/mol. The fourth-order valence-corrected chi connectivity index (χ4v) is 9.15. The Kier molecular flexibility index (Phi) is 53.7. The maximum absolute atomic E-state index is 12.8. The van der Waals surface area contributed by atoms with Crippen molar-refractivity contribution < 1.29 is 28.6 Å². The summed E-state index contributed by atoms with van der Waals surface area (Å²) in [6.07, 6.45) is 60.9. The molecule has 0 unspecified atom stereocenters. The molecule has 6 nitrogen and oxygen atoms in total. The van der Waals surface area contributed by atoms with Gasteiger partial charge >= 0.3 is 17.9 Å². The molecule has 0 rings (SSSR count). The third-order valence-corrected chi connectivity index (χ3v) is 13.6. The Balaban J connectivity index is 4.25. The second-order valence-corrected chi connectivity index (χ2v) is 20.3. The molecule has 386 valence electrons. The molecule has 0 amide bonds. The van der Waals surface area contributed by atoms with Gasteiger partial charge in [-0.3, -0.25) is 14.4 Å². The summed E-state index contributed by atoms with van der Waals surface area (Å²) >= 11 is 0. The molecule has 0 spiro atoms. The zero-order valence-electron chi connectivity index (χ0n) is 44.3. The van der Waals surface area contributed by atoms with Crippen LogP contribution < -0.4 is 0 Å². The molecule has 0 heterocycles. The van der Waals surface area contributed by atoms with Crippen LogP contribution in [0.3, 0.4) is 0 Å². The van der Waals surface area contributed by atoms with Gasteiger partial charge in [0.25, 0.3) is 0 Å². The average Bonchev–Trinajstić information content (AvgIpc) is 3.30. The van der Waals surface area contributed by atoms with E-state index in [4.69, 9.17) is 14.2 Å². The van der Waals surface area contributed by atoms with Crippen LogP contribution in [0.25, 0.3) is 0 Å². The molecule has 0 aromatic carbocycles. The Hall–Kier alpha value is -1.59. The number of hydrogen-bond acceptors (Lipinski definition) is 6. The van der Waals surface area contributed by atoms with E-state index in [2.05, 4.69) is 20.8 Å². The van der Waals surface area contributed by atoms with Crippen LogP contribution in [-0.4, -0.2) is 37.2 Å². The molecule has 0 radical (unpaired) electrons. The van der Waals surface area contributed by atoms with Crippen molar-refractivity contribution in [1.82, 2.24) is 0 Å². The van der Waals surface area contributed by atoms with Gasteiger partial charge in [0, 0.05) is 19.3 Å². The van der Waals surface area contributed by atoms with Crippen LogP contribution in [0.5, 0.6) is 0 Å². The molecule has 0 aliphatic heterocycles. The summed E-state index contributed by atoms with van der Waals surface area (Å²) < 4.78 is 16.9. The number of carbonyl (C=O) groups excluding carboxylic acids is 3. The van der Waals surface area contributed by atoms with Crippen molar-refractivity contribution in [1.29, 1.82) is 0 Å². The minimum absolute atomic E-state index is 0.0610. The van der Waals surface area contributed by atoms with Crippen LogP contribution >= 0.6 is 0 Å². The topological polar surface area (TPSA) is 78.9 Å². The predicted octanol–water partition coefficient (Wildman–Crippen LogP) is 19.5. The van der Waals surface area contributed by atoms with Crippen LogP contribution in [0.15, 0.2) is 0 Å². The summed E-state index contributed by atoms with van der Waals surface area (Å²) in [5.41, 5.74) is 0. The molecule has 65 heavy (non-hydrogen) atoms. The van der Waals surface area contributed by atoms with Crippen LogP contribution in [0.1, 0.15) is 342 Å². The van der Waals surface area contributed by atoms with Gasteiger partial charge in [-0.2, -0.15) is 0 Å². The van der Waals surface area contributed by atoms with Gasteiger partial charge in [0.15, 0.2) is 6.10 Å². The smallest absolute Gasteiger partial charge is 0.306 e. The highest BCUT2D eigenvalue weighted by Crippen LogP contribution is 2.18. The number of carbonyl (C=O) groups is 3. The number of hydrogen-bond donors (Lipinski definition) is 0. The molecule has 0 bridgehead atoms. The molecule has 0 aliphatic carbocycles. The van der Waals surface area contributed by atoms with Crippen molar-refractivity contribution in [3.05, 3.63) is 0 Å². The van der Waals surface area contributed by atoms with Gasteiger partial charge < -0.3 is 14.2 Å². The van der Waals surface area contributed by atoms with Crippen LogP contribution in [0, 0.1) is 0 Å². The van der Waals surface area contributed by atoms with Gasteiger partial charge in [-0.05, 0) is 19.3 Å². The molecule has 0 fully saturated rings. The largest absolute Gasteiger partial charge is 0.462 e. The van der Waals surface area contributed by atoms with Gasteiger partial charge in [0.1, 0.15) is 13.2 Å². The Morgan fingerprint density at radius 3 is 0.615 bits per heavy atom. The summed E-state index contributed by atoms with van der Waals surface area (Å²) in [5.74, 6) is -0.831. The fourth-order valence-electron chi connectivity index (χ4n) is 9.15. The zero-order chi connectivity index (χ0) is 47.2. The quantitative estimate of drug-likeness (QED) is 0.0344. The van der Waals surface area contributed by atoms with E-state index >= 15 is 0 Å². The second kappa shape index (κ2) is 55.0. The lowest BCUT2D eigenvalue weighted by Gasteiger charge is -2.18. The molecule has 0 aromatic rings. The van der Waals surface area contributed by atoms with Gasteiger partial charge in [0.05, 0.1) is 0 Å². The Morgan fingerprint density at radius 1 is 0.246 bits per heavy atom. The molecule has 0 aliphatic rings. The van der Waals surface area contributed by atoms with E-state index in [1.807, 2.05) is 0 Å². The first-order valence-corrected chi connectivity index (χ1v) is 29.5. The summed E-state index contributed by atoms with van der Waals surface area (Å²) in [7, 11) is 0. The minimum Gasteiger partial charge on any atom is -0.462 e. The van der Waals surface area contributed by atoms with Gasteiger partial charge in [-0.15, -0.1) is 0 Å². The first kappa shape index (κ1) is 63.4. The lowest BCUT2D eigenvalue weighted by Crippen LogP contribution is -2.30. The molecular formula is C59H114O6. The first-order valence-electron chi connectivity index (χ1n) is 29.5. The molecular weight excluding hydrogens is 805 g/mol. The van der Waals surface area contributed by atoms with Gasteiger partial charge in [0.2, 0.25) is 0 Å². The summed E-state index contributed by atoms with van der Waals surface area (Å²) in [4.78, 5) is 38.1. The maximum Gasteiger partial charge on any atom is 0.306 e.